The van der Waals surface area contributed by atoms with Crippen molar-refractivity contribution in [3.05, 3.63) is 10.8 Å². The van der Waals surface area contributed by atoms with Crippen LogP contribution in [0.15, 0.2) is 5.03 Å². The first kappa shape index (κ1) is 19.1. The number of piperazine rings is 1. The molecule has 1 aliphatic carbocycles. The van der Waals surface area contributed by atoms with Gasteiger partial charge >= 0.3 is 0 Å². The SMILES string of the molecule is O=CC1(CN2CCN(C3CC3)CC2)Cc2c(nc(Cl)nc2N2CCOCC2)S1. The number of morpholine rings is 1. The predicted octanol–water partition coefficient (Wildman–Crippen LogP) is 1.33. The lowest BCUT2D eigenvalue weighted by atomic mass is 10.00. The highest BCUT2D eigenvalue weighted by atomic mass is 35.5. The van der Waals surface area contributed by atoms with E-state index in [-0.39, 0.29) is 5.28 Å². The molecule has 0 N–H and O–H groups in total. The van der Waals surface area contributed by atoms with E-state index in [1.165, 1.54) is 12.8 Å². The van der Waals surface area contributed by atoms with E-state index in [9.17, 15) is 4.79 Å². The summed E-state index contributed by atoms with van der Waals surface area (Å²) in [5, 5.41) is 1.12. The number of nitrogens with zero attached hydrogens (tertiary/aromatic N) is 5. The second-order valence-corrected chi connectivity index (χ2v) is 9.95. The van der Waals surface area contributed by atoms with E-state index in [1.807, 2.05) is 0 Å². The minimum atomic E-state index is -0.496. The molecule has 0 radical (unpaired) electrons. The van der Waals surface area contributed by atoms with Crippen LogP contribution in [0.3, 0.4) is 0 Å². The molecule has 1 aromatic heterocycles. The fraction of sp³-hybridized carbons (Fsp3) is 0.737. The molecule has 3 fully saturated rings. The molecule has 7 nitrogen and oxygen atoms in total. The lowest BCUT2D eigenvalue weighted by Gasteiger charge is -2.38. The first-order valence-corrected chi connectivity index (χ1v) is 11.4. The maximum absolute atomic E-state index is 12.3. The summed E-state index contributed by atoms with van der Waals surface area (Å²) in [5.74, 6) is 0.882. The van der Waals surface area contributed by atoms with Crippen molar-refractivity contribution in [1.82, 2.24) is 19.8 Å². The zero-order valence-corrected chi connectivity index (χ0v) is 17.6. The van der Waals surface area contributed by atoms with Crippen LogP contribution in [0, 0.1) is 0 Å². The molecule has 4 heterocycles. The summed E-state index contributed by atoms with van der Waals surface area (Å²) in [5.41, 5.74) is 1.07. The van der Waals surface area contributed by atoms with E-state index in [0.29, 0.717) is 19.6 Å². The highest BCUT2D eigenvalue weighted by Crippen LogP contribution is 2.47. The van der Waals surface area contributed by atoms with Gasteiger partial charge in [0.1, 0.15) is 17.1 Å². The smallest absolute Gasteiger partial charge is 0.225 e. The van der Waals surface area contributed by atoms with Crippen LogP contribution in [0.2, 0.25) is 5.28 Å². The number of fused-ring (bicyclic) bond motifs is 1. The van der Waals surface area contributed by atoms with Crippen molar-refractivity contribution >= 4 is 35.5 Å². The van der Waals surface area contributed by atoms with Crippen LogP contribution in [-0.2, 0) is 16.0 Å². The van der Waals surface area contributed by atoms with Crippen LogP contribution in [0.25, 0.3) is 0 Å². The first-order chi connectivity index (χ1) is 13.7. The third kappa shape index (κ3) is 3.77. The Morgan fingerprint density at radius 2 is 1.89 bits per heavy atom. The Morgan fingerprint density at radius 1 is 1.14 bits per heavy atom. The zero-order valence-electron chi connectivity index (χ0n) is 16.0. The standard InChI is InChI=1S/C19H26ClN5O2S/c20-18-21-16(25-7-9-27-10-8-25)15-11-19(13-26,28-17(15)22-18)12-23-3-5-24(6-4-23)14-1-2-14/h13-14H,1-12H2. The van der Waals surface area contributed by atoms with E-state index in [4.69, 9.17) is 16.3 Å². The van der Waals surface area contributed by atoms with Gasteiger partial charge in [0.15, 0.2) is 0 Å². The fourth-order valence-corrected chi connectivity index (χ4v) is 6.06. The fourth-order valence-electron chi connectivity index (χ4n) is 4.53. The molecule has 0 amide bonds. The molecule has 4 aliphatic rings. The molecule has 5 rings (SSSR count). The van der Waals surface area contributed by atoms with Gasteiger partial charge in [0.25, 0.3) is 0 Å². The van der Waals surface area contributed by atoms with Gasteiger partial charge in [0, 0.05) is 63.8 Å². The first-order valence-electron chi connectivity index (χ1n) is 10.2. The lowest BCUT2D eigenvalue weighted by Crippen LogP contribution is -2.52. The largest absolute Gasteiger partial charge is 0.378 e. The Labute approximate surface area is 174 Å². The minimum Gasteiger partial charge on any atom is -0.378 e. The molecule has 0 aromatic carbocycles. The maximum Gasteiger partial charge on any atom is 0.225 e. The third-order valence-electron chi connectivity index (χ3n) is 6.18. The Kier molecular flexibility index (Phi) is 5.25. The molecule has 1 aromatic rings. The monoisotopic (exact) mass is 423 g/mol. The van der Waals surface area contributed by atoms with E-state index in [1.54, 1.807) is 11.8 Å². The molecule has 1 atom stereocenters. The highest BCUT2D eigenvalue weighted by Gasteiger charge is 2.44. The summed E-state index contributed by atoms with van der Waals surface area (Å²) in [7, 11) is 0. The Bertz CT molecular complexity index is 750. The predicted molar refractivity (Wildman–Crippen MR) is 109 cm³/mol. The summed E-state index contributed by atoms with van der Waals surface area (Å²) >= 11 is 7.80. The molecule has 0 spiro atoms. The van der Waals surface area contributed by atoms with Gasteiger partial charge in [-0.3, -0.25) is 9.80 Å². The van der Waals surface area contributed by atoms with E-state index in [2.05, 4.69) is 24.7 Å². The van der Waals surface area contributed by atoms with Gasteiger partial charge < -0.3 is 14.4 Å². The van der Waals surface area contributed by atoms with Crippen molar-refractivity contribution in [3.8, 4) is 0 Å². The summed E-state index contributed by atoms with van der Waals surface area (Å²) in [6.45, 7) is 8.02. The van der Waals surface area contributed by atoms with Gasteiger partial charge in [0.05, 0.1) is 18.0 Å². The minimum absolute atomic E-state index is 0.257. The molecule has 9 heteroatoms. The molecule has 1 saturated carbocycles. The average molecular weight is 424 g/mol. The van der Waals surface area contributed by atoms with Crippen molar-refractivity contribution < 1.29 is 9.53 Å². The van der Waals surface area contributed by atoms with Crippen molar-refractivity contribution in [2.75, 3.05) is 63.9 Å². The van der Waals surface area contributed by atoms with Crippen LogP contribution in [0.5, 0.6) is 0 Å². The van der Waals surface area contributed by atoms with Gasteiger partial charge in [-0.2, -0.15) is 0 Å². The van der Waals surface area contributed by atoms with Crippen LogP contribution in [0.1, 0.15) is 18.4 Å². The van der Waals surface area contributed by atoms with Gasteiger partial charge in [-0.25, -0.2) is 9.97 Å². The highest BCUT2D eigenvalue weighted by molar-refractivity contribution is 8.01. The lowest BCUT2D eigenvalue weighted by molar-refractivity contribution is -0.110. The number of ether oxygens (including phenoxy) is 1. The topological polar surface area (TPSA) is 61.8 Å². The number of halogens is 1. The number of aromatic nitrogens is 2. The average Bonchev–Trinajstić information content (AvgIpc) is 3.50. The second kappa shape index (κ2) is 7.72. The molecule has 152 valence electrons. The number of hydrogen-bond acceptors (Lipinski definition) is 8. The number of rotatable bonds is 5. The van der Waals surface area contributed by atoms with Crippen molar-refractivity contribution in [1.29, 1.82) is 0 Å². The molecular weight excluding hydrogens is 398 g/mol. The van der Waals surface area contributed by atoms with Gasteiger partial charge in [-0.05, 0) is 24.4 Å². The Morgan fingerprint density at radius 3 is 2.57 bits per heavy atom. The third-order valence-corrected chi connectivity index (χ3v) is 7.66. The maximum atomic E-state index is 12.3. The molecule has 28 heavy (non-hydrogen) atoms. The summed E-state index contributed by atoms with van der Waals surface area (Å²) < 4.78 is 4.98. The normalized spacial score (nSPS) is 29.1. The van der Waals surface area contributed by atoms with Gasteiger partial charge in [-0.15, -0.1) is 0 Å². The van der Waals surface area contributed by atoms with Crippen molar-refractivity contribution in [2.45, 2.75) is 35.1 Å². The van der Waals surface area contributed by atoms with Crippen LogP contribution in [-0.4, -0.2) is 95.9 Å². The quantitative estimate of drug-likeness (QED) is 0.399. The van der Waals surface area contributed by atoms with Crippen molar-refractivity contribution in [2.24, 2.45) is 0 Å². The molecule has 0 bridgehead atoms. The van der Waals surface area contributed by atoms with E-state index < -0.39 is 4.75 Å². The van der Waals surface area contributed by atoms with Gasteiger partial charge in [-0.1, -0.05) is 11.8 Å². The number of carbonyl (C=O) groups is 1. The Balaban J connectivity index is 1.32. The molecular formula is C19H26ClN5O2S. The molecule has 3 aliphatic heterocycles. The number of hydrogen-bond donors (Lipinski definition) is 0. The zero-order chi connectivity index (χ0) is 19.1. The van der Waals surface area contributed by atoms with E-state index >= 15 is 0 Å². The summed E-state index contributed by atoms with van der Waals surface area (Å²) in [6, 6.07) is 0.820. The number of anilines is 1. The van der Waals surface area contributed by atoms with Gasteiger partial charge in [0.2, 0.25) is 5.28 Å². The van der Waals surface area contributed by atoms with Crippen LogP contribution < -0.4 is 4.90 Å². The number of carbonyl (C=O) groups excluding carboxylic acids is 1. The van der Waals surface area contributed by atoms with E-state index in [0.717, 1.165) is 74.5 Å². The molecule has 2 saturated heterocycles. The summed E-state index contributed by atoms with van der Waals surface area (Å²) in [6.07, 6.45) is 4.51. The number of thioether (sulfide) groups is 1. The van der Waals surface area contributed by atoms with Crippen molar-refractivity contribution in [3.63, 3.8) is 0 Å². The molecule has 1 unspecified atom stereocenters. The Hall–Kier alpha value is -0.930. The summed E-state index contributed by atoms with van der Waals surface area (Å²) in [4.78, 5) is 28.5. The second-order valence-electron chi connectivity index (χ2n) is 8.20. The number of aldehydes is 1. The van der Waals surface area contributed by atoms with Crippen LogP contribution in [0.4, 0.5) is 5.82 Å². The van der Waals surface area contributed by atoms with Crippen LogP contribution >= 0.6 is 23.4 Å².